The van der Waals surface area contributed by atoms with Gasteiger partial charge in [-0.05, 0) is 24.6 Å². The number of hydrogen-bond donors (Lipinski definition) is 2. The summed E-state index contributed by atoms with van der Waals surface area (Å²) < 4.78 is 5.22. The molecule has 0 aliphatic rings. The summed E-state index contributed by atoms with van der Waals surface area (Å²) in [6.07, 6.45) is 0. The van der Waals surface area contributed by atoms with Crippen LogP contribution in [-0.4, -0.2) is 23.7 Å². The van der Waals surface area contributed by atoms with E-state index < -0.39 is 10.5 Å². The predicted molar refractivity (Wildman–Crippen MR) is 58.2 cm³/mol. The molecule has 0 fully saturated rings. The summed E-state index contributed by atoms with van der Waals surface area (Å²) in [4.78, 5) is 9.86. The zero-order chi connectivity index (χ0) is 12.3. The van der Waals surface area contributed by atoms with Crippen LogP contribution >= 0.6 is 0 Å². The van der Waals surface area contributed by atoms with Crippen molar-refractivity contribution in [2.75, 3.05) is 13.7 Å². The van der Waals surface area contributed by atoms with Gasteiger partial charge in [-0.1, -0.05) is 0 Å². The molecule has 1 unspecified atom stereocenters. The van der Waals surface area contributed by atoms with E-state index in [1.54, 1.807) is 6.92 Å². The Kier molecular flexibility index (Phi) is 3.46. The summed E-state index contributed by atoms with van der Waals surface area (Å²) in [5.74, 6) is -0.390. The fraction of sp³-hybridized carbons (Fsp3) is 0.400. The van der Waals surface area contributed by atoms with Crippen LogP contribution in [0.15, 0.2) is 18.2 Å². The van der Waals surface area contributed by atoms with Crippen molar-refractivity contribution in [2.45, 2.75) is 12.5 Å². The van der Waals surface area contributed by atoms with Gasteiger partial charge in [-0.3, -0.25) is 10.1 Å². The highest BCUT2D eigenvalue weighted by atomic mass is 16.6. The van der Waals surface area contributed by atoms with Crippen molar-refractivity contribution < 1.29 is 14.8 Å². The lowest BCUT2D eigenvalue weighted by Gasteiger charge is -2.26. The molecular formula is C10H14N2O4. The van der Waals surface area contributed by atoms with Gasteiger partial charge < -0.3 is 15.6 Å². The van der Waals surface area contributed by atoms with Crippen LogP contribution in [0.1, 0.15) is 12.5 Å². The molecule has 0 heterocycles. The van der Waals surface area contributed by atoms with Gasteiger partial charge in [0.25, 0.3) is 0 Å². The van der Waals surface area contributed by atoms with Gasteiger partial charge in [0.1, 0.15) is 5.60 Å². The number of phenols is 1. The summed E-state index contributed by atoms with van der Waals surface area (Å²) in [6, 6.07) is 4.06. The minimum atomic E-state index is -0.757. The number of nitro benzene ring substituents is 1. The van der Waals surface area contributed by atoms with E-state index in [1.807, 2.05) is 0 Å². The molecule has 1 rings (SSSR count). The first-order valence-corrected chi connectivity index (χ1v) is 4.67. The molecule has 1 aromatic rings. The molecule has 0 bridgehead atoms. The Morgan fingerprint density at radius 3 is 2.62 bits per heavy atom. The highest BCUT2D eigenvalue weighted by Gasteiger charge is 2.26. The highest BCUT2D eigenvalue weighted by molar-refractivity contribution is 5.48. The van der Waals surface area contributed by atoms with Gasteiger partial charge in [0.15, 0.2) is 5.75 Å². The van der Waals surface area contributed by atoms with Crippen molar-refractivity contribution in [3.63, 3.8) is 0 Å². The SMILES string of the molecule is COC(C)(CN)c1ccc([N+](=O)[O-])c(O)c1. The molecule has 0 radical (unpaired) electrons. The monoisotopic (exact) mass is 226 g/mol. The van der Waals surface area contributed by atoms with Gasteiger partial charge in [-0.2, -0.15) is 0 Å². The average molecular weight is 226 g/mol. The Morgan fingerprint density at radius 2 is 2.25 bits per heavy atom. The highest BCUT2D eigenvalue weighted by Crippen LogP contribution is 2.32. The molecule has 0 saturated heterocycles. The smallest absolute Gasteiger partial charge is 0.310 e. The number of hydrogen-bond acceptors (Lipinski definition) is 5. The molecule has 0 saturated carbocycles. The topological polar surface area (TPSA) is 98.6 Å². The molecule has 3 N–H and O–H groups in total. The largest absolute Gasteiger partial charge is 0.502 e. The molecule has 88 valence electrons. The van der Waals surface area contributed by atoms with E-state index >= 15 is 0 Å². The van der Waals surface area contributed by atoms with Crippen molar-refractivity contribution in [1.82, 2.24) is 0 Å². The fourth-order valence-electron chi connectivity index (χ4n) is 1.33. The Hall–Kier alpha value is -1.66. The molecular weight excluding hydrogens is 212 g/mol. The van der Waals surface area contributed by atoms with E-state index in [-0.39, 0.29) is 18.0 Å². The summed E-state index contributed by atoms with van der Waals surface area (Å²) in [5, 5.41) is 20.0. The molecule has 0 aliphatic heterocycles. The minimum absolute atomic E-state index is 0.209. The number of nitro groups is 1. The number of ether oxygens (including phenoxy) is 1. The molecule has 16 heavy (non-hydrogen) atoms. The Balaban J connectivity index is 3.19. The summed E-state index contributed by atoms with van der Waals surface area (Å²) >= 11 is 0. The van der Waals surface area contributed by atoms with Crippen LogP contribution in [0.25, 0.3) is 0 Å². The normalized spacial score (nSPS) is 14.4. The molecule has 0 aromatic heterocycles. The average Bonchev–Trinajstić information content (AvgIpc) is 2.27. The van der Waals surface area contributed by atoms with E-state index in [0.29, 0.717) is 5.56 Å². The van der Waals surface area contributed by atoms with Crippen molar-refractivity contribution in [2.24, 2.45) is 5.73 Å². The second kappa shape index (κ2) is 4.46. The van der Waals surface area contributed by atoms with E-state index in [9.17, 15) is 15.2 Å². The zero-order valence-electron chi connectivity index (χ0n) is 9.14. The Bertz CT molecular complexity index is 402. The molecule has 0 spiro atoms. The first kappa shape index (κ1) is 12.4. The van der Waals surface area contributed by atoms with Crippen molar-refractivity contribution in [3.8, 4) is 5.75 Å². The third kappa shape index (κ3) is 2.12. The number of nitrogens with zero attached hydrogens (tertiary/aromatic N) is 1. The molecule has 6 nitrogen and oxygen atoms in total. The van der Waals surface area contributed by atoms with E-state index in [4.69, 9.17) is 10.5 Å². The van der Waals surface area contributed by atoms with E-state index in [0.717, 1.165) is 0 Å². The fourth-order valence-corrected chi connectivity index (χ4v) is 1.33. The lowest BCUT2D eigenvalue weighted by atomic mass is 9.95. The van der Waals surface area contributed by atoms with Gasteiger partial charge >= 0.3 is 5.69 Å². The third-order valence-corrected chi connectivity index (χ3v) is 2.62. The first-order valence-electron chi connectivity index (χ1n) is 4.67. The molecule has 6 heteroatoms. The van der Waals surface area contributed by atoms with Gasteiger partial charge in [0, 0.05) is 19.7 Å². The zero-order valence-corrected chi connectivity index (χ0v) is 9.14. The van der Waals surface area contributed by atoms with Gasteiger partial charge in [-0.15, -0.1) is 0 Å². The standard InChI is InChI=1S/C10H14N2O4/c1-10(6-11,16-2)7-3-4-8(12(14)15)9(13)5-7/h3-5,13H,6,11H2,1-2H3. The van der Waals surface area contributed by atoms with Gasteiger partial charge in [0.05, 0.1) is 4.92 Å². The number of rotatable bonds is 4. The number of phenolic OH excluding ortho intramolecular Hbond substituents is 1. The van der Waals surface area contributed by atoms with Crippen LogP contribution in [0.2, 0.25) is 0 Å². The minimum Gasteiger partial charge on any atom is -0.502 e. The lowest BCUT2D eigenvalue weighted by Crippen LogP contribution is -2.33. The number of benzene rings is 1. The van der Waals surface area contributed by atoms with Crippen LogP contribution in [0.4, 0.5) is 5.69 Å². The summed E-state index contributed by atoms with van der Waals surface area (Å²) in [5.41, 5.74) is 5.06. The predicted octanol–water partition coefficient (Wildman–Crippen LogP) is 1.12. The third-order valence-electron chi connectivity index (χ3n) is 2.62. The maximum Gasteiger partial charge on any atom is 0.310 e. The number of nitrogens with two attached hydrogens (primary N) is 1. The second-order valence-corrected chi connectivity index (χ2v) is 3.60. The van der Waals surface area contributed by atoms with Crippen LogP contribution in [0.3, 0.4) is 0 Å². The maximum atomic E-state index is 10.5. The summed E-state index contributed by atoms with van der Waals surface area (Å²) in [7, 11) is 1.49. The first-order chi connectivity index (χ1) is 7.44. The lowest BCUT2D eigenvalue weighted by molar-refractivity contribution is -0.385. The maximum absolute atomic E-state index is 10.5. The van der Waals surface area contributed by atoms with Crippen molar-refractivity contribution in [3.05, 3.63) is 33.9 Å². The van der Waals surface area contributed by atoms with Gasteiger partial charge in [-0.25, -0.2) is 0 Å². The molecule has 0 amide bonds. The van der Waals surface area contributed by atoms with Crippen LogP contribution in [-0.2, 0) is 10.3 Å². The Labute approximate surface area is 92.8 Å². The molecule has 1 aromatic carbocycles. The van der Waals surface area contributed by atoms with Crippen LogP contribution in [0, 0.1) is 10.1 Å². The van der Waals surface area contributed by atoms with Crippen molar-refractivity contribution in [1.29, 1.82) is 0 Å². The quantitative estimate of drug-likeness (QED) is 0.592. The van der Waals surface area contributed by atoms with Crippen LogP contribution in [0.5, 0.6) is 5.75 Å². The molecule has 1 atom stereocenters. The number of methoxy groups -OCH3 is 1. The van der Waals surface area contributed by atoms with E-state index in [2.05, 4.69) is 0 Å². The van der Waals surface area contributed by atoms with Gasteiger partial charge in [0.2, 0.25) is 0 Å². The summed E-state index contributed by atoms with van der Waals surface area (Å²) in [6.45, 7) is 1.95. The molecule has 0 aliphatic carbocycles. The number of aromatic hydroxyl groups is 1. The van der Waals surface area contributed by atoms with Crippen LogP contribution < -0.4 is 5.73 Å². The Morgan fingerprint density at radius 1 is 1.62 bits per heavy atom. The van der Waals surface area contributed by atoms with Crippen molar-refractivity contribution >= 4 is 5.69 Å². The second-order valence-electron chi connectivity index (χ2n) is 3.60. The van der Waals surface area contributed by atoms with E-state index in [1.165, 1.54) is 25.3 Å².